The van der Waals surface area contributed by atoms with Crippen LogP contribution in [0.15, 0.2) is 82.6 Å². The van der Waals surface area contributed by atoms with Crippen LogP contribution in [0.1, 0.15) is 22.3 Å². The van der Waals surface area contributed by atoms with Crippen molar-refractivity contribution in [2.45, 2.75) is 22.6 Å². The molecule has 2 aliphatic rings. The summed E-state index contributed by atoms with van der Waals surface area (Å²) < 4.78 is 70.0. The lowest BCUT2D eigenvalue weighted by Gasteiger charge is -2.11. The molecule has 8 rings (SSSR count). The van der Waals surface area contributed by atoms with Gasteiger partial charge in [0, 0.05) is 45.1 Å². The summed E-state index contributed by atoms with van der Waals surface area (Å²) in [5, 5.41) is 16.2. The maximum atomic E-state index is 13.8. The van der Waals surface area contributed by atoms with Crippen molar-refractivity contribution in [3.8, 4) is 33.9 Å². The number of amides is 2. The van der Waals surface area contributed by atoms with Crippen LogP contribution >= 0.6 is 46.4 Å². The number of nitrogens with zero attached hydrogens (tertiary/aromatic N) is 4. The van der Waals surface area contributed by atoms with Gasteiger partial charge in [-0.2, -0.15) is 16.8 Å². The molecule has 0 bridgehead atoms. The van der Waals surface area contributed by atoms with Crippen molar-refractivity contribution in [1.29, 1.82) is 0 Å². The number of fused-ring (bicyclic) bond motifs is 6. The standard InChI is InChI=1S/C33H20Cl4N6O7S2/c34-17-1-7-27(25(36)13-17)42-29-21-5-3-19(51(45,46)47)9-15(21)11-23(29)31(40-42)38-33(44)39-32-24-12-16-10-20(52(48,49)50)4-6-22(16)30(24)43(41-32)28-8-2-18(35)14-26(28)37/h1-10,13-14H,11-12H2,(H,45,46,47)(H,48,49,50)(H2,38,39,40,41,44). The normalized spacial score (nSPS) is 13.0. The van der Waals surface area contributed by atoms with Gasteiger partial charge in [-0.3, -0.25) is 19.7 Å². The number of nitrogens with one attached hydrogen (secondary N) is 2. The Labute approximate surface area is 315 Å². The van der Waals surface area contributed by atoms with Crippen LogP contribution in [0.2, 0.25) is 20.1 Å². The van der Waals surface area contributed by atoms with E-state index in [0.717, 1.165) is 0 Å². The molecule has 6 aromatic rings. The summed E-state index contributed by atoms with van der Waals surface area (Å²) in [7, 11) is -8.99. The van der Waals surface area contributed by atoms with E-state index >= 15 is 0 Å². The van der Waals surface area contributed by atoms with Gasteiger partial charge < -0.3 is 0 Å². The maximum Gasteiger partial charge on any atom is 0.326 e. The zero-order chi connectivity index (χ0) is 36.9. The zero-order valence-electron chi connectivity index (χ0n) is 25.9. The first-order chi connectivity index (χ1) is 24.6. The van der Waals surface area contributed by atoms with Crippen molar-refractivity contribution in [3.05, 3.63) is 115 Å². The van der Waals surface area contributed by atoms with Crippen LogP contribution in [0.4, 0.5) is 16.4 Å². The van der Waals surface area contributed by atoms with Crippen LogP contribution < -0.4 is 10.6 Å². The summed E-state index contributed by atoms with van der Waals surface area (Å²) in [6, 6.07) is 17.2. The molecule has 13 nitrogen and oxygen atoms in total. The molecular weight excluding hydrogens is 798 g/mol. The molecular formula is C33H20Cl4N6O7S2. The molecule has 4 N–H and O–H groups in total. The van der Waals surface area contributed by atoms with Crippen LogP contribution in [0.25, 0.3) is 33.9 Å². The number of hydrogen-bond acceptors (Lipinski definition) is 7. The molecule has 2 heterocycles. The van der Waals surface area contributed by atoms with E-state index in [2.05, 4.69) is 20.8 Å². The van der Waals surface area contributed by atoms with E-state index in [-0.39, 0.29) is 44.3 Å². The zero-order valence-corrected chi connectivity index (χ0v) is 30.6. The third-order valence-electron chi connectivity index (χ3n) is 8.70. The van der Waals surface area contributed by atoms with Gasteiger partial charge in [-0.05, 0) is 71.8 Å². The second-order valence-corrected chi connectivity index (χ2v) is 16.4. The number of carbonyl (C=O) groups excluding carboxylic acids is 1. The highest BCUT2D eigenvalue weighted by Gasteiger charge is 2.33. The number of carbonyl (C=O) groups is 1. The fourth-order valence-electron chi connectivity index (χ4n) is 6.49. The molecule has 19 heteroatoms. The van der Waals surface area contributed by atoms with Crippen LogP contribution in [-0.4, -0.2) is 51.5 Å². The van der Waals surface area contributed by atoms with E-state index < -0.39 is 26.3 Å². The van der Waals surface area contributed by atoms with E-state index in [1.807, 2.05) is 0 Å². The van der Waals surface area contributed by atoms with Crippen molar-refractivity contribution < 1.29 is 30.7 Å². The fourth-order valence-corrected chi connectivity index (χ4v) is 8.53. The quantitative estimate of drug-likeness (QED) is 0.121. The molecule has 0 fully saturated rings. The monoisotopic (exact) mass is 816 g/mol. The van der Waals surface area contributed by atoms with Gasteiger partial charge in [-0.1, -0.05) is 58.5 Å². The van der Waals surface area contributed by atoms with Gasteiger partial charge in [0.05, 0.1) is 42.6 Å². The minimum absolute atomic E-state index is 0.126. The number of halogens is 4. The number of anilines is 2. The molecule has 0 radical (unpaired) electrons. The van der Waals surface area contributed by atoms with E-state index in [0.29, 0.717) is 66.2 Å². The third-order valence-corrected chi connectivity index (χ3v) is 11.5. The summed E-state index contributed by atoms with van der Waals surface area (Å²) in [5.74, 6) is 0.252. The SMILES string of the molecule is O=C(Nc1nn(-c2ccc(Cl)cc2Cl)c2c1Cc1cc(S(=O)(=O)O)ccc1-2)Nc1nn(-c2ccc(Cl)cc2Cl)c2c1Cc1cc(S(=O)(=O)O)ccc1-2. The topological polar surface area (TPSA) is 186 Å². The highest BCUT2D eigenvalue weighted by molar-refractivity contribution is 7.86. The number of urea groups is 1. The predicted molar refractivity (Wildman–Crippen MR) is 196 cm³/mol. The van der Waals surface area contributed by atoms with Gasteiger partial charge >= 0.3 is 6.03 Å². The van der Waals surface area contributed by atoms with Crippen molar-refractivity contribution >= 4 is 84.3 Å². The Balaban J connectivity index is 1.19. The van der Waals surface area contributed by atoms with E-state index in [1.165, 1.54) is 45.8 Å². The lowest BCUT2D eigenvalue weighted by atomic mass is 10.1. The maximum absolute atomic E-state index is 13.8. The molecule has 52 heavy (non-hydrogen) atoms. The molecule has 2 amide bonds. The second-order valence-electron chi connectivity index (χ2n) is 11.9. The van der Waals surface area contributed by atoms with E-state index in [1.54, 1.807) is 36.4 Å². The largest absolute Gasteiger partial charge is 0.326 e. The Morgan fingerprint density at radius 2 is 1.02 bits per heavy atom. The smallest absolute Gasteiger partial charge is 0.290 e. The fraction of sp³-hybridized carbons (Fsp3) is 0.0606. The van der Waals surface area contributed by atoms with Crippen LogP contribution in [0.3, 0.4) is 0 Å². The number of rotatable bonds is 6. The molecule has 0 saturated heterocycles. The third kappa shape index (κ3) is 5.92. The molecule has 0 saturated carbocycles. The second kappa shape index (κ2) is 12.3. The van der Waals surface area contributed by atoms with Gasteiger partial charge in [0.2, 0.25) is 0 Å². The molecule has 4 aromatic carbocycles. The van der Waals surface area contributed by atoms with Crippen LogP contribution in [0, 0.1) is 0 Å². The lowest BCUT2D eigenvalue weighted by Crippen LogP contribution is -2.21. The molecule has 264 valence electrons. The van der Waals surface area contributed by atoms with Crippen molar-refractivity contribution in [2.24, 2.45) is 0 Å². The number of benzene rings is 4. The van der Waals surface area contributed by atoms with Gasteiger partial charge in [-0.15, -0.1) is 10.2 Å². The molecule has 2 aromatic heterocycles. The van der Waals surface area contributed by atoms with Gasteiger partial charge in [-0.25, -0.2) is 14.2 Å². The van der Waals surface area contributed by atoms with Crippen molar-refractivity contribution in [3.63, 3.8) is 0 Å². The molecule has 0 unspecified atom stereocenters. The highest BCUT2D eigenvalue weighted by Crippen LogP contribution is 2.45. The first-order valence-corrected chi connectivity index (χ1v) is 19.4. The Hall–Kier alpha value is -4.45. The summed E-state index contributed by atoms with van der Waals surface area (Å²) in [5.41, 5.74) is 5.33. The predicted octanol–water partition coefficient (Wildman–Crippen LogP) is 7.95. The first-order valence-electron chi connectivity index (χ1n) is 15.0. The van der Waals surface area contributed by atoms with Crippen molar-refractivity contribution in [1.82, 2.24) is 19.6 Å². The van der Waals surface area contributed by atoms with Gasteiger partial charge in [0.15, 0.2) is 11.6 Å². The summed E-state index contributed by atoms with van der Waals surface area (Å²) >= 11 is 25.4. The Bertz CT molecular complexity index is 2600. The average Bonchev–Trinajstić information content (AvgIpc) is 3.80. The van der Waals surface area contributed by atoms with Gasteiger partial charge in [0.25, 0.3) is 20.2 Å². The minimum Gasteiger partial charge on any atom is -0.290 e. The average molecular weight is 819 g/mol. The Morgan fingerprint density at radius 1 is 0.615 bits per heavy atom. The Kier molecular flexibility index (Phi) is 8.20. The lowest BCUT2D eigenvalue weighted by molar-refractivity contribution is 0.262. The minimum atomic E-state index is -4.49. The van der Waals surface area contributed by atoms with E-state index in [4.69, 9.17) is 46.4 Å². The van der Waals surface area contributed by atoms with Crippen LogP contribution in [-0.2, 0) is 33.1 Å². The summed E-state index contributed by atoms with van der Waals surface area (Å²) in [4.78, 5) is 13.2. The van der Waals surface area contributed by atoms with Crippen molar-refractivity contribution in [2.75, 3.05) is 10.6 Å². The summed E-state index contributed by atoms with van der Waals surface area (Å²) in [6.07, 6.45) is 0.304. The summed E-state index contributed by atoms with van der Waals surface area (Å²) in [6.45, 7) is 0. The molecule has 2 aliphatic carbocycles. The highest BCUT2D eigenvalue weighted by atomic mass is 35.5. The van der Waals surface area contributed by atoms with Gasteiger partial charge in [0.1, 0.15) is 0 Å². The van der Waals surface area contributed by atoms with Crippen LogP contribution in [0.5, 0.6) is 0 Å². The molecule has 0 atom stereocenters. The molecule has 0 spiro atoms. The number of aromatic nitrogens is 4. The van der Waals surface area contributed by atoms with E-state index in [9.17, 15) is 30.7 Å². The number of hydrogen-bond donors (Lipinski definition) is 4. The molecule has 0 aliphatic heterocycles. The Morgan fingerprint density at radius 3 is 1.38 bits per heavy atom. The first kappa shape index (κ1) is 34.6.